The minimum Gasteiger partial charge on any atom is -0.479 e. The summed E-state index contributed by atoms with van der Waals surface area (Å²) in [5.74, 6) is -5.09. The van der Waals surface area contributed by atoms with Crippen LogP contribution in [0.5, 0.6) is 5.88 Å². The van der Waals surface area contributed by atoms with E-state index in [0.717, 1.165) is 15.6 Å². The number of amides is 1. The first-order valence-electron chi connectivity index (χ1n) is 11.7. The van der Waals surface area contributed by atoms with Gasteiger partial charge in [0.2, 0.25) is 17.7 Å². The number of ether oxygens (including phenoxy) is 1. The molecular formula is C23H24F4N8O3. The molecule has 202 valence electrons. The van der Waals surface area contributed by atoms with Gasteiger partial charge in [-0.15, -0.1) is 10.2 Å². The number of aliphatic hydroxyl groups is 1. The molecule has 4 heterocycles. The Morgan fingerprint density at radius 2 is 2.16 bits per heavy atom. The van der Waals surface area contributed by atoms with Crippen molar-refractivity contribution in [2.75, 3.05) is 38.8 Å². The molecule has 2 atom stereocenters. The minimum absolute atomic E-state index is 0.00324. The van der Waals surface area contributed by atoms with E-state index in [4.69, 9.17) is 9.84 Å². The molecular weight excluding hydrogens is 512 g/mol. The van der Waals surface area contributed by atoms with Crippen LogP contribution in [0.25, 0.3) is 27.7 Å². The standard InChI is InChI=1S/C23H24F4N8O3/c1-12(8-24)35-16-7-13(3-4-15(16)30-32-35)19-14(25)9-34-20(19)21(38-2)29-22(31-34)28-17-5-6-33(18(37)10-36)11-23(17,26)27/h3-4,7,9,12,17,36H,5-6,8,10-11H2,1-2H3,(H,28,31)/t12-,17+/m0/s1. The molecule has 1 aliphatic heterocycles. The molecule has 38 heavy (non-hydrogen) atoms. The zero-order valence-corrected chi connectivity index (χ0v) is 20.4. The number of fused-ring (bicyclic) bond motifs is 2. The summed E-state index contributed by atoms with van der Waals surface area (Å²) in [6.45, 7) is -0.755. The number of halogens is 4. The maximum Gasteiger partial charge on any atom is 0.285 e. The Hall–Kier alpha value is -4.01. The molecule has 4 aromatic rings. The van der Waals surface area contributed by atoms with E-state index >= 15 is 4.39 Å². The second-order valence-corrected chi connectivity index (χ2v) is 9.05. The molecule has 1 saturated heterocycles. The summed E-state index contributed by atoms with van der Waals surface area (Å²) in [4.78, 5) is 16.7. The monoisotopic (exact) mass is 536 g/mol. The maximum absolute atomic E-state index is 15.3. The number of carbonyl (C=O) groups is 1. The number of rotatable bonds is 7. The summed E-state index contributed by atoms with van der Waals surface area (Å²) in [6, 6.07) is 2.87. The lowest BCUT2D eigenvalue weighted by atomic mass is 10.0. The third kappa shape index (κ3) is 4.36. The lowest BCUT2D eigenvalue weighted by molar-refractivity contribution is -0.145. The molecule has 1 fully saturated rings. The van der Waals surface area contributed by atoms with Crippen LogP contribution in [-0.4, -0.2) is 91.0 Å². The first kappa shape index (κ1) is 25.6. The van der Waals surface area contributed by atoms with Gasteiger partial charge in [0.15, 0.2) is 5.82 Å². The van der Waals surface area contributed by atoms with Crippen molar-refractivity contribution in [3.05, 3.63) is 30.2 Å². The fourth-order valence-corrected chi connectivity index (χ4v) is 4.57. The third-order valence-corrected chi connectivity index (χ3v) is 6.54. The number of hydrogen-bond acceptors (Lipinski definition) is 8. The number of aromatic nitrogens is 6. The van der Waals surface area contributed by atoms with E-state index in [1.54, 1.807) is 25.1 Å². The van der Waals surface area contributed by atoms with E-state index in [2.05, 4.69) is 25.7 Å². The number of benzene rings is 1. The summed E-state index contributed by atoms with van der Waals surface area (Å²) >= 11 is 0. The molecule has 0 aliphatic carbocycles. The molecule has 0 unspecified atom stereocenters. The molecule has 1 aliphatic rings. The average molecular weight is 536 g/mol. The van der Waals surface area contributed by atoms with Crippen LogP contribution in [0.1, 0.15) is 19.4 Å². The lowest BCUT2D eigenvalue weighted by Gasteiger charge is -2.38. The van der Waals surface area contributed by atoms with Gasteiger partial charge in [0.05, 0.1) is 43.0 Å². The fraction of sp³-hybridized carbons (Fsp3) is 0.435. The van der Waals surface area contributed by atoms with Gasteiger partial charge in [-0.25, -0.2) is 26.8 Å². The smallest absolute Gasteiger partial charge is 0.285 e. The van der Waals surface area contributed by atoms with Crippen molar-refractivity contribution in [1.82, 2.24) is 34.5 Å². The third-order valence-electron chi connectivity index (χ3n) is 6.54. The number of anilines is 1. The summed E-state index contributed by atoms with van der Waals surface area (Å²) in [5, 5.41) is 23.7. The number of nitrogens with zero attached hydrogens (tertiary/aromatic N) is 7. The van der Waals surface area contributed by atoms with Crippen molar-refractivity contribution >= 4 is 28.4 Å². The molecule has 5 rings (SSSR count). The van der Waals surface area contributed by atoms with Gasteiger partial charge < -0.3 is 20.1 Å². The van der Waals surface area contributed by atoms with Crippen molar-refractivity contribution < 1.29 is 32.2 Å². The lowest BCUT2D eigenvalue weighted by Crippen LogP contribution is -2.56. The summed E-state index contributed by atoms with van der Waals surface area (Å²) < 4.78 is 66.0. The molecule has 0 bridgehead atoms. The van der Waals surface area contributed by atoms with Gasteiger partial charge >= 0.3 is 0 Å². The van der Waals surface area contributed by atoms with E-state index < -0.39 is 49.6 Å². The van der Waals surface area contributed by atoms with E-state index in [1.165, 1.54) is 11.8 Å². The Morgan fingerprint density at radius 1 is 1.37 bits per heavy atom. The summed E-state index contributed by atoms with van der Waals surface area (Å²) in [7, 11) is 1.31. The Labute approximate surface area is 213 Å². The van der Waals surface area contributed by atoms with Gasteiger partial charge in [-0.05, 0) is 31.0 Å². The highest BCUT2D eigenvalue weighted by molar-refractivity contribution is 5.90. The van der Waals surface area contributed by atoms with Crippen molar-refractivity contribution in [2.45, 2.75) is 31.4 Å². The predicted molar refractivity (Wildman–Crippen MR) is 127 cm³/mol. The van der Waals surface area contributed by atoms with Gasteiger partial charge in [0, 0.05) is 6.54 Å². The second kappa shape index (κ2) is 9.70. The Kier molecular flexibility index (Phi) is 6.54. The highest BCUT2D eigenvalue weighted by Crippen LogP contribution is 2.36. The van der Waals surface area contributed by atoms with E-state index in [9.17, 15) is 18.0 Å². The van der Waals surface area contributed by atoms with E-state index in [-0.39, 0.29) is 35.9 Å². The zero-order valence-electron chi connectivity index (χ0n) is 20.4. The molecule has 0 saturated carbocycles. The molecule has 0 radical (unpaired) electrons. The highest BCUT2D eigenvalue weighted by Gasteiger charge is 2.46. The molecule has 11 nitrogen and oxygen atoms in total. The van der Waals surface area contributed by atoms with Gasteiger partial charge in [-0.3, -0.25) is 4.79 Å². The van der Waals surface area contributed by atoms with Crippen molar-refractivity contribution in [1.29, 1.82) is 0 Å². The fourth-order valence-electron chi connectivity index (χ4n) is 4.57. The van der Waals surface area contributed by atoms with Crippen LogP contribution in [0.4, 0.5) is 23.5 Å². The van der Waals surface area contributed by atoms with Crippen molar-refractivity contribution in [2.24, 2.45) is 0 Å². The molecule has 3 aromatic heterocycles. The number of alkyl halides is 3. The van der Waals surface area contributed by atoms with E-state index in [1.807, 2.05) is 0 Å². The molecule has 1 aromatic carbocycles. The van der Waals surface area contributed by atoms with Crippen LogP contribution in [0.3, 0.4) is 0 Å². The quantitative estimate of drug-likeness (QED) is 0.346. The van der Waals surface area contributed by atoms with Crippen LogP contribution in [0.15, 0.2) is 24.4 Å². The van der Waals surface area contributed by atoms with E-state index in [0.29, 0.717) is 16.6 Å². The van der Waals surface area contributed by atoms with Gasteiger partial charge in [0.1, 0.15) is 24.3 Å². The Morgan fingerprint density at radius 3 is 2.84 bits per heavy atom. The van der Waals surface area contributed by atoms with Crippen molar-refractivity contribution in [3.8, 4) is 17.0 Å². The SMILES string of the molecule is COc1nc(N[C@@H]2CCN(C(=O)CO)CC2(F)F)nn2cc(F)c(-c3ccc4nnn([C@@H](C)CF)c4c3)c12. The number of methoxy groups -OCH3 is 1. The molecule has 2 N–H and O–H groups in total. The Bertz CT molecular complexity index is 1510. The number of piperidine rings is 1. The van der Waals surface area contributed by atoms with Crippen LogP contribution in [0.2, 0.25) is 0 Å². The molecule has 0 spiro atoms. The van der Waals surface area contributed by atoms with Crippen LogP contribution in [-0.2, 0) is 4.79 Å². The van der Waals surface area contributed by atoms with Gasteiger partial charge in [0.25, 0.3) is 5.92 Å². The molecule has 1 amide bonds. The topological polar surface area (TPSA) is 123 Å². The number of nitrogens with one attached hydrogen (secondary N) is 1. The highest BCUT2D eigenvalue weighted by atomic mass is 19.3. The number of hydrogen-bond donors (Lipinski definition) is 2. The van der Waals surface area contributed by atoms with Gasteiger partial charge in [-0.1, -0.05) is 11.3 Å². The Balaban J connectivity index is 1.51. The largest absolute Gasteiger partial charge is 0.479 e. The van der Waals surface area contributed by atoms with Crippen LogP contribution in [0, 0.1) is 5.82 Å². The predicted octanol–water partition coefficient (Wildman–Crippen LogP) is 2.46. The number of carbonyl (C=O) groups excluding carboxylic acids is 1. The van der Waals surface area contributed by atoms with Crippen molar-refractivity contribution in [3.63, 3.8) is 0 Å². The summed E-state index contributed by atoms with van der Waals surface area (Å²) in [5.41, 5.74) is 1.65. The van der Waals surface area contributed by atoms with Crippen LogP contribution >= 0.6 is 0 Å². The van der Waals surface area contributed by atoms with Crippen LogP contribution < -0.4 is 10.1 Å². The van der Waals surface area contributed by atoms with Gasteiger partial charge in [-0.2, -0.15) is 4.98 Å². The zero-order chi connectivity index (χ0) is 27.2. The maximum atomic E-state index is 15.3. The molecule has 15 heteroatoms. The number of aliphatic hydroxyl groups excluding tert-OH is 1. The average Bonchev–Trinajstić information content (AvgIpc) is 3.47. The number of likely N-dealkylation sites (tertiary alicyclic amines) is 1. The minimum atomic E-state index is -3.34. The second-order valence-electron chi connectivity index (χ2n) is 9.05. The summed E-state index contributed by atoms with van der Waals surface area (Å²) in [6.07, 6.45) is 0.942. The first-order chi connectivity index (χ1) is 18.2. The first-order valence-corrected chi connectivity index (χ1v) is 11.7. The normalized spacial score (nSPS) is 18.2.